The molecule has 7 nitrogen and oxygen atoms in total. The second-order valence-corrected chi connectivity index (χ2v) is 3.97. The van der Waals surface area contributed by atoms with Crippen LogP contribution in [0.2, 0.25) is 0 Å². The van der Waals surface area contributed by atoms with E-state index in [4.69, 9.17) is 5.11 Å². The Morgan fingerprint density at radius 2 is 1.94 bits per heavy atom. The molecule has 0 radical (unpaired) electrons. The molecule has 0 aromatic heterocycles. The number of carbonyl (C=O) groups excluding carboxylic acids is 2. The number of esters is 1. The van der Waals surface area contributed by atoms with Crippen molar-refractivity contribution in [2.75, 3.05) is 13.7 Å². The first-order chi connectivity index (χ1) is 8.40. The summed E-state index contributed by atoms with van der Waals surface area (Å²) < 4.78 is 4.45. The molecule has 18 heavy (non-hydrogen) atoms. The van der Waals surface area contributed by atoms with Crippen molar-refractivity contribution in [2.45, 2.75) is 32.7 Å². The summed E-state index contributed by atoms with van der Waals surface area (Å²) in [5.74, 6) is -1.56. The second kappa shape index (κ2) is 8.32. The molecule has 2 unspecified atom stereocenters. The Balaban J connectivity index is 4.01. The topological polar surface area (TPSA) is 105 Å². The van der Waals surface area contributed by atoms with Crippen LogP contribution in [0.3, 0.4) is 0 Å². The third-order valence-corrected chi connectivity index (χ3v) is 2.49. The maximum Gasteiger partial charge on any atom is 0.328 e. The van der Waals surface area contributed by atoms with E-state index in [1.54, 1.807) is 0 Å². The van der Waals surface area contributed by atoms with Crippen LogP contribution in [0.15, 0.2) is 0 Å². The zero-order valence-electron chi connectivity index (χ0n) is 10.9. The van der Waals surface area contributed by atoms with E-state index in [2.05, 4.69) is 15.4 Å². The van der Waals surface area contributed by atoms with Gasteiger partial charge in [0, 0.05) is 13.0 Å². The van der Waals surface area contributed by atoms with E-state index in [1.807, 2.05) is 6.92 Å². The maximum atomic E-state index is 11.4. The fourth-order valence-corrected chi connectivity index (χ4v) is 1.33. The standard InChI is InChI=1S/C11H20N2O5/c1-4-8(5-9(14)15)6-12-11(17)13-7(2)10(16)18-3/h7-8H,4-6H2,1-3H3,(H,14,15)(H2,12,13,17). The summed E-state index contributed by atoms with van der Waals surface area (Å²) >= 11 is 0. The minimum absolute atomic E-state index is 0.00331. The molecule has 3 N–H and O–H groups in total. The van der Waals surface area contributed by atoms with E-state index >= 15 is 0 Å². The van der Waals surface area contributed by atoms with Crippen molar-refractivity contribution in [3.8, 4) is 0 Å². The highest BCUT2D eigenvalue weighted by Crippen LogP contribution is 2.06. The lowest BCUT2D eigenvalue weighted by molar-refractivity contribution is -0.142. The zero-order chi connectivity index (χ0) is 14.1. The van der Waals surface area contributed by atoms with Crippen molar-refractivity contribution in [1.29, 1.82) is 0 Å². The van der Waals surface area contributed by atoms with Crippen molar-refractivity contribution in [3.05, 3.63) is 0 Å². The predicted molar refractivity (Wildman–Crippen MR) is 64.0 cm³/mol. The SMILES string of the molecule is CCC(CNC(=O)NC(C)C(=O)OC)CC(=O)O. The summed E-state index contributed by atoms with van der Waals surface area (Å²) in [6.07, 6.45) is 0.655. The smallest absolute Gasteiger partial charge is 0.328 e. The molecule has 0 aliphatic rings. The average Bonchev–Trinajstić information content (AvgIpc) is 2.32. The highest BCUT2D eigenvalue weighted by Gasteiger charge is 2.17. The molecule has 0 aliphatic heterocycles. The van der Waals surface area contributed by atoms with Crippen LogP contribution >= 0.6 is 0 Å². The summed E-state index contributed by atoms with van der Waals surface area (Å²) in [5, 5.41) is 13.6. The molecular weight excluding hydrogens is 240 g/mol. The van der Waals surface area contributed by atoms with Crippen molar-refractivity contribution in [3.63, 3.8) is 0 Å². The number of hydrogen-bond donors (Lipinski definition) is 3. The number of aliphatic carboxylic acids is 1. The summed E-state index contributed by atoms with van der Waals surface area (Å²) in [5.41, 5.74) is 0. The van der Waals surface area contributed by atoms with Gasteiger partial charge >= 0.3 is 18.0 Å². The van der Waals surface area contributed by atoms with Gasteiger partial charge in [0.25, 0.3) is 0 Å². The van der Waals surface area contributed by atoms with Gasteiger partial charge in [-0.2, -0.15) is 0 Å². The number of carbonyl (C=O) groups is 3. The van der Waals surface area contributed by atoms with Crippen LogP contribution in [0.1, 0.15) is 26.7 Å². The molecule has 0 aromatic rings. The monoisotopic (exact) mass is 260 g/mol. The van der Waals surface area contributed by atoms with E-state index in [1.165, 1.54) is 14.0 Å². The van der Waals surface area contributed by atoms with Gasteiger partial charge in [-0.05, 0) is 12.8 Å². The van der Waals surface area contributed by atoms with Gasteiger partial charge in [-0.25, -0.2) is 9.59 Å². The van der Waals surface area contributed by atoms with Gasteiger partial charge in [0.1, 0.15) is 6.04 Å². The zero-order valence-corrected chi connectivity index (χ0v) is 10.9. The van der Waals surface area contributed by atoms with Crippen LogP contribution in [0, 0.1) is 5.92 Å². The molecule has 2 amide bonds. The molecule has 0 fully saturated rings. The van der Waals surface area contributed by atoms with E-state index in [-0.39, 0.29) is 18.9 Å². The number of ether oxygens (including phenoxy) is 1. The van der Waals surface area contributed by atoms with Crippen molar-refractivity contribution in [1.82, 2.24) is 10.6 Å². The van der Waals surface area contributed by atoms with Crippen LogP contribution < -0.4 is 10.6 Å². The normalized spacial score (nSPS) is 13.3. The highest BCUT2D eigenvalue weighted by molar-refractivity contribution is 5.83. The molecule has 0 spiro atoms. The van der Waals surface area contributed by atoms with E-state index in [0.717, 1.165) is 0 Å². The van der Waals surface area contributed by atoms with Gasteiger partial charge in [0.2, 0.25) is 0 Å². The third-order valence-electron chi connectivity index (χ3n) is 2.49. The Morgan fingerprint density at radius 3 is 2.39 bits per heavy atom. The predicted octanol–water partition coefficient (Wildman–Crippen LogP) is 0.348. The Hall–Kier alpha value is -1.79. The molecule has 0 saturated heterocycles. The Bertz CT molecular complexity index is 306. The largest absolute Gasteiger partial charge is 0.481 e. The minimum Gasteiger partial charge on any atom is -0.481 e. The molecule has 0 heterocycles. The van der Waals surface area contributed by atoms with E-state index in [0.29, 0.717) is 6.42 Å². The van der Waals surface area contributed by atoms with E-state index < -0.39 is 24.0 Å². The van der Waals surface area contributed by atoms with Crippen LogP contribution in [0.4, 0.5) is 4.79 Å². The fourth-order valence-electron chi connectivity index (χ4n) is 1.33. The first-order valence-corrected chi connectivity index (χ1v) is 5.74. The summed E-state index contributed by atoms with van der Waals surface area (Å²) in [4.78, 5) is 33.0. The van der Waals surface area contributed by atoms with Crippen LogP contribution in [0.5, 0.6) is 0 Å². The van der Waals surface area contributed by atoms with Gasteiger partial charge in [-0.3, -0.25) is 4.79 Å². The molecule has 2 atom stereocenters. The molecule has 0 rings (SSSR count). The van der Waals surface area contributed by atoms with Crippen LogP contribution in [-0.4, -0.2) is 42.8 Å². The number of carboxylic acids is 1. The molecule has 0 aromatic carbocycles. The number of nitrogens with one attached hydrogen (secondary N) is 2. The molecular formula is C11H20N2O5. The summed E-state index contributed by atoms with van der Waals surface area (Å²) in [6, 6.07) is -1.26. The molecule has 0 aliphatic carbocycles. The van der Waals surface area contributed by atoms with Crippen LogP contribution in [-0.2, 0) is 14.3 Å². The Labute approximate surface area is 106 Å². The number of methoxy groups -OCH3 is 1. The summed E-state index contributed by atoms with van der Waals surface area (Å²) in [6.45, 7) is 3.60. The van der Waals surface area contributed by atoms with Gasteiger partial charge in [0.05, 0.1) is 7.11 Å². The average molecular weight is 260 g/mol. The first-order valence-electron chi connectivity index (χ1n) is 5.74. The van der Waals surface area contributed by atoms with Gasteiger partial charge in [0.15, 0.2) is 0 Å². The number of carboxylic acid groups (broad SMARTS) is 1. The van der Waals surface area contributed by atoms with Crippen LogP contribution in [0.25, 0.3) is 0 Å². The van der Waals surface area contributed by atoms with Gasteiger partial charge in [-0.1, -0.05) is 13.3 Å². The first kappa shape index (κ1) is 16.2. The quantitative estimate of drug-likeness (QED) is 0.573. The van der Waals surface area contributed by atoms with Gasteiger partial charge < -0.3 is 20.5 Å². The second-order valence-electron chi connectivity index (χ2n) is 3.97. The maximum absolute atomic E-state index is 11.4. The van der Waals surface area contributed by atoms with Crippen molar-refractivity contribution < 1.29 is 24.2 Å². The van der Waals surface area contributed by atoms with Crippen molar-refractivity contribution >= 4 is 18.0 Å². The number of urea groups is 1. The number of hydrogen-bond acceptors (Lipinski definition) is 4. The fraction of sp³-hybridized carbons (Fsp3) is 0.727. The summed E-state index contributed by atoms with van der Waals surface area (Å²) in [7, 11) is 1.23. The van der Waals surface area contributed by atoms with E-state index in [9.17, 15) is 14.4 Å². The molecule has 0 bridgehead atoms. The number of rotatable bonds is 7. The molecule has 0 saturated carbocycles. The Kier molecular flexibility index (Phi) is 7.50. The minimum atomic E-state index is -0.896. The van der Waals surface area contributed by atoms with Gasteiger partial charge in [-0.15, -0.1) is 0 Å². The Morgan fingerprint density at radius 1 is 1.33 bits per heavy atom. The van der Waals surface area contributed by atoms with Crippen molar-refractivity contribution in [2.24, 2.45) is 5.92 Å². The number of amides is 2. The third kappa shape index (κ3) is 6.72. The highest BCUT2D eigenvalue weighted by atomic mass is 16.5. The lowest BCUT2D eigenvalue weighted by Gasteiger charge is -2.16. The molecule has 7 heteroatoms. The lowest BCUT2D eigenvalue weighted by atomic mass is 10.0. The lowest BCUT2D eigenvalue weighted by Crippen LogP contribution is -2.46. The molecule has 104 valence electrons.